The van der Waals surface area contributed by atoms with E-state index >= 15 is 0 Å². The fourth-order valence-corrected chi connectivity index (χ4v) is 5.81. The molecule has 6 nitrogen and oxygen atoms in total. The number of rotatable bonds is 4. The van der Waals surface area contributed by atoms with Crippen LogP contribution in [0.5, 0.6) is 0 Å². The molecule has 0 aliphatic carbocycles. The summed E-state index contributed by atoms with van der Waals surface area (Å²) in [5.74, 6) is -0.119. The molecule has 0 saturated carbocycles. The zero-order valence-electron chi connectivity index (χ0n) is 22.9. The second-order valence-corrected chi connectivity index (χ2v) is 11.7. The molecule has 3 heterocycles. The minimum absolute atomic E-state index is 0.119. The van der Waals surface area contributed by atoms with Crippen LogP contribution in [0.2, 0.25) is 0 Å². The van der Waals surface area contributed by atoms with Crippen molar-refractivity contribution >= 4 is 22.9 Å². The lowest BCUT2D eigenvalue weighted by atomic mass is 9.94. The molecule has 3 aromatic carbocycles. The van der Waals surface area contributed by atoms with E-state index in [1.165, 1.54) is 24.8 Å². The molecule has 0 bridgehead atoms. The number of ether oxygens (including phenoxy) is 1. The fourth-order valence-electron chi connectivity index (χ4n) is 5.81. The van der Waals surface area contributed by atoms with E-state index in [-0.39, 0.29) is 5.91 Å². The number of likely N-dealkylation sites (tertiary alicyclic amines) is 1. The van der Waals surface area contributed by atoms with Crippen molar-refractivity contribution in [1.82, 2.24) is 14.8 Å². The van der Waals surface area contributed by atoms with Gasteiger partial charge in [-0.05, 0) is 99.3 Å². The third-order valence-corrected chi connectivity index (χ3v) is 7.57. The predicted octanol–water partition coefficient (Wildman–Crippen LogP) is 6.99. The monoisotopic (exact) mass is 521 g/mol. The number of aromatic nitrogens is 1. The number of benzene rings is 3. The number of fused-ring (bicyclic) bond motifs is 2. The lowest BCUT2D eigenvalue weighted by Crippen LogP contribution is -2.29. The minimum atomic E-state index is -0.662. The topological polar surface area (TPSA) is 63.6 Å². The van der Waals surface area contributed by atoms with Gasteiger partial charge in [0.15, 0.2) is 0 Å². The van der Waals surface area contributed by atoms with Gasteiger partial charge in [-0.3, -0.25) is 9.69 Å². The van der Waals surface area contributed by atoms with Gasteiger partial charge >= 0.3 is 6.09 Å². The molecule has 0 atom stereocenters. The van der Waals surface area contributed by atoms with Crippen molar-refractivity contribution < 1.29 is 14.3 Å². The van der Waals surface area contributed by atoms with Crippen molar-refractivity contribution in [3.05, 3.63) is 83.4 Å². The fraction of sp³-hybridized carbons (Fsp3) is 0.333. The molecule has 6 rings (SSSR count). The SMILES string of the molecule is CC(C)(C)OC(=O)n1c(-c2cc(-c3ccccc3)cc3c2C(=O)NC3)cc2cc(CN3CCCCC3)ccc21. The van der Waals surface area contributed by atoms with Gasteiger partial charge < -0.3 is 10.1 Å². The highest BCUT2D eigenvalue weighted by Crippen LogP contribution is 2.38. The largest absolute Gasteiger partial charge is 0.443 e. The maximum Gasteiger partial charge on any atom is 0.419 e. The molecular weight excluding hydrogens is 486 g/mol. The number of nitrogens with zero attached hydrogens (tertiary/aromatic N) is 2. The number of amides is 1. The Bertz CT molecular complexity index is 1560. The third kappa shape index (κ3) is 5.09. The van der Waals surface area contributed by atoms with Crippen LogP contribution in [0.4, 0.5) is 4.79 Å². The lowest BCUT2D eigenvalue weighted by Gasteiger charge is -2.26. The molecule has 2 aliphatic rings. The minimum Gasteiger partial charge on any atom is -0.443 e. The van der Waals surface area contributed by atoms with Gasteiger partial charge in [-0.15, -0.1) is 0 Å². The quantitative estimate of drug-likeness (QED) is 0.314. The molecule has 4 aromatic rings. The van der Waals surface area contributed by atoms with Crippen LogP contribution in [0.15, 0.2) is 66.7 Å². The molecule has 200 valence electrons. The Hall–Kier alpha value is -3.90. The molecule has 1 N–H and O–H groups in total. The standard InChI is InChI=1S/C33H35N3O3/c1-33(2,3)39-32(38)36-28-13-12-22(21-35-14-8-5-9-15-35)16-25(28)19-29(36)27-18-24(23-10-6-4-7-11-23)17-26-20-34-31(37)30(26)27/h4,6-7,10-13,16-19H,5,8-9,14-15,20-21H2,1-3H3,(H,34,37). The van der Waals surface area contributed by atoms with Gasteiger partial charge in [0.2, 0.25) is 0 Å². The van der Waals surface area contributed by atoms with Crippen molar-refractivity contribution in [2.45, 2.75) is 58.7 Å². The third-order valence-electron chi connectivity index (χ3n) is 7.57. The van der Waals surface area contributed by atoms with Gasteiger partial charge in [0.05, 0.1) is 16.8 Å². The molecule has 0 radical (unpaired) electrons. The Labute approximate surface area is 229 Å². The summed E-state index contributed by atoms with van der Waals surface area (Å²) in [6.45, 7) is 9.21. The molecule has 2 aliphatic heterocycles. The zero-order chi connectivity index (χ0) is 27.1. The Morgan fingerprint density at radius 2 is 1.69 bits per heavy atom. The molecule has 39 heavy (non-hydrogen) atoms. The van der Waals surface area contributed by atoms with Crippen molar-refractivity contribution in [1.29, 1.82) is 0 Å². The van der Waals surface area contributed by atoms with E-state index in [4.69, 9.17) is 4.74 Å². The first-order valence-electron chi connectivity index (χ1n) is 13.9. The van der Waals surface area contributed by atoms with Crippen LogP contribution in [-0.2, 0) is 17.8 Å². The maximum atomic E-state index is 13.7. The number of piperidine rings is 1. The number of carbonyl (C=O) groups is 2. The number of hydrogen-bond acceptors (Lipinski definition) is 4. The first-order chi connectivity index (χ1) is 18.8. The Morgan fingerprint density at radius 1 is 0.923 bits per heavy atom. The van der Waals surface area contributed by atoms with Crippen LogP contribution >= 0.6 is 0 Å². The van der Waals surface area contributed by atoms with Crippen LogP contribution in [0.3, 0.4) is 0 Å². The van der Waals surface area contributed by atoms with Crippen molar-refractivity contribution in [3.8, 4) is 22.4 Å². The Morgan fingerprint density at radius 3 is 2.44 bits per heavy atom. The average molecular weight is 522 g/mol. The summed E-state index contributed by atoms with van der Waals surface area (Å²) in [7, 11) is 0. The highest BCUT2D eigenvalue weighted by Gasteiger charge is 2.29. The van der Waals surface area contributed by atoms with Crippen molar-refractivity contribution in [2.24, 2.45) is 0 Å². The molecule has 1 aromatic heterocycles. The summed E-state index contributed by atoms with van der Waals surface area (Å²) in [4.78, 5) is 29.3. The van der Waals surface area contributed by atoms with Crippen molar-refractivity contribution in [2.75, 3.05) is 13.1 Å². The highest BCUT2D eigenvalue weighted by atomic mass is 16.6. The van der Waals surface area contributed by atoms with E-state index in [0.29, 0.717) is 17.8 Å². The molecular formula is C33H35N3O3. The van der Waals surface area contributed by atoms with Gasteiger partial charge in [0.1, 0.15) is 5.60 Å². The van der Waals surface area contributed by atoms with Gasteiger partial charge in [-0.1, -0.05) is 42.8 Å². The average Bonchev–Trinajstić information content (AvgIpc) is 3.49. The predicted molar refractivity (Wildman–Crippen MR) is 155 cm³/mol. The Kier molecular flexibility index (Phi) is 6.51. The normalized spacial score (nSPS) is 15.8. The van der Waals surface area contributed by atoms with Gasteiger partial charge in [-0.25, -0.2) is 9.36 Å². The first kappa shape index (κ1) is 25.4. The van der Waals surface area contributed by atoms with E-state index in [9.17, 15) is 9.59 Å². The van der Waals surface area contributed by atoms with Crippen LogP contribution in [0.1, 0.15) is 61.5 Å². The Balaban J connectivity index is 1.53. The zero-order valence-corrected chi connectivity index (χ0v) is 22.9. The van der Waals surface area contributed by atoms with Gasteiger partial charge in [0, 0.05) is 24.0 Å². The lowest BCUT2D eigenvalue weighted by molar-refractivity contribution is 0.0547. The summed E-state index contributed by atoms with van der Waals surface area (Å²) in [5, 5.41) is 3.94. The van der Waals surface area contributed by atoms with E-state index in [2.05, 4.69) is 40.5 Å². The molecule has 1 saturated heterocycles. The van der Waals surface area contributed by atoms with Crippen LogP contribution < -0.4 is 5.32 Å². The molecule has 0 unspecified atom stereocenters. The van der Waals surface area contributed by atoms with Crippen molar-refractivity contribution in [3.63, 3.8) is 0 Å². The number of nitrogens with one attached hydrogen (secondary N) is 1. The number of carbonyl (C=O) groups excluding carboxylic acids is 2. The van der Waals surface area contributed by atoms with Gasteiger partial charge in [0.25, 0.3) is 5.91 Å². The summed E-state index contributed by atoms with van der Waals surface area (Å²) in [6, 6.07) is 22.6. The second-order valence-electron chi connectivity index (χ2n) is 11.7. The van der Waals surface area contributed by atoms with E-state index in [1.807, 2.05) is 57.2 Å². The summed E-state index contributed by atoms with van der Waals surface area (Å²) >= 11 is 0. The van der Waals surface area contributed by atoms with Crippen LogP contribution in [0.25, 0.3) is 33.3 Å². The highest BCUT2D eigenvalue weighted by molar-refractivity contribution is 6.07. The summed E-state index contributed by atoms with van der Waals surface area (Å²) in [6.07, 6.45) is 3.34. The van der Waals surface area contributed by atoms with Crippen LogP contribution in [0, 0.1) is 0 Å². The molecule has 6 heteroatoms. The summed E-state index contributed by atoms with van der Waals surface area (Å²) in [5.41, 5.74) is 6.36. The molecule has 0 spiro atoms. The molecule has 1 fully saturated rings. The van der Waals surface area contributed by atoms with Gasteiger partial charge in [-0.2, -0.15) is 0 Å². The van der Waals surface area contributed by atoms with E-state index in [1.54, 1.807) is 4.57 Å². The smallest absolute Gasteiger partial charge is 0.419 e. The van der Waals surface area contributed by atoms with E-state index in [0.717, 1.165) is 52.8 Å². The van der Waals surface area contributed by atoms with E-state index < -0.39 is 11.7 Å². The summed E-state index contributed by atoms with van der Waals surface area (Å²) < 4.78 is 7.52. The van der Waals surface area contributed by atoms with Crippen LogP contribution in [-0.4, -0.2) is 40.2 Å². The first-order valence-corrected chi connectivity index (χ1v) is 13.9. The number of hydrogen-bond donors (Lipinski definition) is 1. The second kappa shape index (κ2) is 10.0. The molecule has 1 amide bonds. The maximum absolute atomic E-state index is 13.7.